The Morgan fingerprint density at radius 1 is 1.00 bits per heavy atom. The fourth-order valence-corrected chi connectivity index (χ4v) is 9.80. The Labute approximate surface area is 219 Å². The smallest absolute Gasteiger partial charge is 0.407 e. The van der Waals surface area contributed by atoms with Gasteiger partial charge in [0.25, 0.3) is 0 Å². The lowest BCUT2D eigenvalue weighted by Gasteiger charge is -2.61. The van der Waals surface area contributed by atoms with Crippen LogP contribution in [0.25, 0.3) is 6.08 Å². The molecule has 198 valence electrons. The summed E-state index contributed by atoms with van der Waals surface area (Å²) >= 11 is 0. The zero-order valence-corrected chi connectivity index (χ0v) is 23.0. The molecule has 0 heterocycles. The molecule has 0 spiro atoms. The number of fused-ring (bicyclic) bond motifs is 5. The Kier molecular flexibility index (Phi) is 7.84. The molecule has 5 rings (SSSR count). The van der Waals surface area contributed by atoms with Crippen molar-refractivity contribution in [2.24, 2.45) is 46.3 Å². The Balaban J connectivity index is 1.09. The van der Waals surface area contributed by atoms with Gasteiger partial charge in [0.2, 0.25) is 0 Å². The minimum absolute atomic E-state index is 0.298. The number of ether oxygens (including phenoxy) is 1. The molecule has 4 aliphatic rings. The van der Waals surface area contributed by atoms with Gasteiger partial charge in [-0.2, -0.15) is 0 Å². The van der Waals surface area contributed by atoms with Gasteiger partial charge in [0.1, 0.15) is 6.61 Å². The van der Waals surface area contributed by atoms with Crippen LogP contribution in [0.5, 0.6) is 0 Å². The molecule has 3 heteroatoms. The highest BCUT2D eigenvalue weighted by atomic mass is 16.5. The Morgan fingerprint density at radius 2 is 1.81 bits per heavy atom. The third-order valence-electron chi connectivity index (χ3n) is 11.6. The van der Waals surface area contributed by atoms with E-state index in [0.29, 0.717) is 29.9 Å². The highest BCUT2D eigenvalue weighted by molar-refractivity contribution is 5.67. The van der Waals surface area contributed by atoms with Crippen LogP contribution in [0.15, 0.2) is 36.4 Å². The molecule has 4 aliphatic carbocycles. The number of alkyl carbamates (subject to hydrolysis) is 1. The van der Waals surface area contributed by atoms with E-state index in [4.69, 9.17) is 4.74 Å². The molecule has 4 saturated carbocycles. The first kappa shape index (κ1) is 25.9. The van der Waals surface area contributed by atoms with Gasteiger partial charge < -0.3 is 10.1 Å². The van der Waals surface area contributed by atoms with Gasteiger partial charge in [0.05, 0.1) is 0 Å². The molecule has 3 nitrogen and oxygen atoms in total. The van der Waals surface area contributed by atoms with E-state index in [2.05, 4.69) is 26.1 Å². The van der Waals surface area contributed by atoms with E-state index in [1.54, 1.807) is 0 Å². The Hall–Kier alpha value is -1.77. The minimum Gasteiger partial charge on any atom is -0.445 e. The van der Waals surface area contributed by atoms with E-state index in [9.17, 15) is 4.79 Å². The lowest BCUT2D eigenvalue weighted by Crippen LogP contribution is -2.53. The van der Waals surface area contributed by atoms with E-state index < -0.39 is 0 Å². The van der Waals surface area contributed by atoms with Gasteiger partial charge in [-0.25, -0.2) is 4.79 Å². The van der Waals surface area contributed by atoms with Gasteiger partial charge in [0.15, 0.2) is 0 Å². The summed E-state index contributed by atoms with van der Waals surface area (Å²) in [7, 11) is 0. The molecule has 0 aromatic heterocycles. The highest BCUT2D eigenvalue weighted by Gasteiger charge is 2.60. The molecule has 7 unspecified atom stereocenters. The van der Waals surface area contributed by atoms with Crippen LogP contribution in [0.3, 0.4) is 0 Å². The number of carbonyl (C=O) groups is 1. The predicted octanol–water partition coefficient (Wildman–Crippen LogP) is 8.50. The van der Waals surface area contributed by atoms with Crippen molar-refractivity contribution in [1.82, 2.24) is 5.32 Å². The van der Waals surface area contributed by atoms with E-state index >= 15 is 0 Å². The van der Waals surface area contributed by atoms with Gasteiger partial charge in [-0.05, 0) is 116 Å². The van der Waals surface area contributed by atoms with Gasteiger partial charge in [-0.15, -0.1) is 0 Å². The lowest BCUT2D eigenvalue weighted by molar-refractivity contribution is -0.114. The number of benzene rings is 1. The number of hydrogen-bond donors (Lipinski definition) is 1. The third-order valence-corrected chi connectivity index (χ3v) is 11.6. The van der Waals surface area contributed by atoms with Crippen molar-refractivity contribution >= 4 is 12.2 Å². The maximum absolute atomic E-state index is 12.2. The second kappa shape index (κ2) is 10.9. The topological polar surface area (TPSA) is 38.3 Å². The Morgan fingerprint density at radius 3 is 2.64 bits per heavy atom. The Bertz CT molecular complexity index is 912. The predicted molar refractivity (Wildman–Crippen MR) is 148 cm³/mol. The average Bonchev–Trinajstić information content (AvgIpc) is 3.24. The molecule has 1 N–H and O–H groups in total. The third kappa shape index (κ3) is 5.01. The van der Waals surface area contributed by atoms with Crippen molar-refractivity contribution in [3.63, 3.8) is 0 Å². The summed E-state index contributed by atoms with van der Waals surface area (Å²) in [6.45, 7) is 8.80. The average molecular weight is 492 g/mol. The van der Waals surface area contributed by atoms with Crippen molar-refractivity contribution in [3.8, 4) is 0 Å². The van der Waals surface area contributed by atoms with Gasteiger partial charge >= 0.3 is 6.09 Å². The largest absolute Gasteiger partial charge is 0.445 e. The second-order valence-corrected chi connectivity index (χ2v) is 13.2. The number of hydrogen-bond acceptors (Lipinski definition) is 2. The normalized spacial score (nSPS) is 38.6. The fourth-order valence-electron chi connectivity index (χ4n) is 9.80. The van der Waals surface area contributed by atoms with Crippen LogP contribution >= 0.6 is 0 Å². The van der Waals surface area contributed by atoms with Crippen LogP contribution in [0.2, 0.25) is 0 Å². The molecule has 1 amide bonds. The molecule has 8 atom stereocenters. The first-order valence-corrected chi connectivity index (χ1v) is 15.0. The molecular formula is C33H49NO2. The SMILES string of the molecule is C[C@H](CCNC(=O)OC/C=C/c1ccccc1)C1CCC2C3CCC4CCCCC4(C)C3CCC21C. The fraction of sp³-hybridized carbons (Fsp3) is 0.727. The van der Waals surface area contributed by atoms with Crippen molar-refractivity contribution in [1.29, 1.82) is 0 Å². The van der Waals surface area contributed by atoms with E-state index in [-0.39, 0.29) is 6.09 Å². The first-order valence-electron chi connectivity index (χ1n) is 15.0. The molecule has 4 fully saturated rings. The van der Waals surface area contributed by atoms with Crippen LogP contribution < -0.4 is 5.32 Å². The van der Waals surface area contributed by atoms with Crippen LogP contribution in [0.1, 0.15) is 97.0 Å². The molecule has 0 bridgehead atoms. The summed E-state index contributed by atoms with van der Waals surface area (Å²) in [4.78, 5) is 12.2. The summed E-state index contributed by atoms with van der Waals surface area (Å²) in [5.41, 5.74) is 2.25. The summed E-state index contributed by atoms with van der Waals surface area (Å²) in [5.74, 6) is 5.34. The molecule has 1 aromatic rings. The summed E-state index contributed by atoms with van der Waals surface area (Å²) < 4.78 is 5.35. The van der Waals surface area contributed by atoms with E-state index in [1.165, 1.54) is 64.2 Å². The van der Waals surface area contributed by atoms with Crippen LogP contribution in [-0.4, -0.2) is 19.2 Å². The number of carbonyl (C=O) groups excluding carboxylic acids is 1. The molecule has 0 radical (unpaired) electrons. The van der Waals surface area contributed by atoms with Gasteiger partial charge in [-0.3, -0.25) is 0 Å². The lowest BCUT2D eigenvalue weighted by atomic mass is 9.44. The zero-order chi connectivity index (χ0) is 25.2. The number of nitrogens with one attached hydrogen (secondary N) is 1. The van der Waals surface area contributed by atoms with E-state index in [1.807, 2.05) is 42.5 Å². The molecule has 0 aliphatic heterocycles. The zero-order valence-electron chi connectivity index (χ0n) is 23.0. The minimum atomic E-state index is -0.298. The van der Waals surface area contributed by atoms with Crippen LogP contribution in [0, 0.1) is 46.3 Å². The molecule has 0 saturated heterocycles. The second-order valence-electron chi connectivity index (χ2n) is 13.2. The highest BCUT2D eigenvalue weighted by Crippen LogP contribution is 2.68. The number of amides is 1. The summed E-state index contributed by atoms with van der Waals surface area (Å²) in [5, 5.41) is 3.01. The monoisotopic (exact) mass is 491 g/mol. The summed E-state index contributed by atoms with van der Waals surface area (Å²) in [6, 6.07) is 10.1. The first-order chi connectivity index (χ1) is 17.4. The van der Waals surface area contributed by atoms with Gasteiger partial charge in [-0.1, -0.05) is 70.0 Å². The van der Waals surface area contributed by atoms with Crippen LogP contribution in [0.4, 0.5) is 4.79 Å². The quantitative estimate of drug-likeness (QED) is 0.415. The molecule has 36 heavy (non-hydrogen) atoms. The van der Waals surface area contributed by atoms with Crippen LogP contribution in [-0.2, 0) is 4.74 Å². The van der Waals surface area contributed by atoms with Gasteiger partial charge in [0, 0.05) is 6.54 Å². The maximum Gasteiger partial charge on any atom is 0.407 e. The standard InChI is InChI=1S/C33H49NO2/c1-24(19-22-34-31(35)36-23-9-12-25-10-5-4-6-11-25)28-16-17-29-27-15-14-26-13-7-8-20-32(26,2)30(27)18-21-33(28,29)3/h4-6,9-12,24,26-30H,7-8,13-23H2,1-3H3,(H,34,35)/b12-9+/t24-,26?,27?,28?,29?,30?,32?,33?/m1/s1. The van der Waals surface area contributed by atoms with Crippen molar-refractivity contribution in [2.75, 3.05) is 13.2 Å². The summed E-state index contributed by atoms with van der Waals surface area (Å²) in [6.07, 6.45) is 19.3. The maximum atomic E-state index is 12.2. The van der Waals surface area contributed by atoms with Crippen molar-refractivity contribution < 1.29 is 9.53 Å². The van der Waals surface area contributed by atoms with E-state index in [0.717, 1.165) is 41.6 Å². The van der Waals surface area contributed by atoms with Crippen molar-refractivity contribution in [2.45, 2.75) is 91.4 Å². The number of rotatable bonds is 7. The molecule has 1 aromatic carbocycles. The molecular weight excluding hydrogens is 442 g/mol. The van der Waals surface area contributed by atoms with Crippen molar-refractivity contribution in [3.05, 3.63) is 42.0 Å².